The molecule has 0 radical (unpaired) electrons. The minimum Gasteiger partial charge on any atom is -0.364 e. The van der Waals surface area contributed by atoms with E-state index in [9.17, 15) is 4.79 Å². The van der Waals surface area contributed by atoms with Gasteiger partial charge in [0.1, 0.15) is 12.0 Å². The molecule has 1 unspecified atom stereocenters. The molecule has 0 spiro atoms. The van der Waals surface area contributed by atoms with E-state index in [2.05, 4.69) is 48.4 Å². The molecule has 0 fully saturated rings. The summed E-state index contributed by atoms with van der Waals surface area (Å²) in [6.07, 6.45) is 2.11. The highest BCUT2D eigenvalue weighted by molar-refractivity contribution is 5.91. The molecule has 6 nitrogen and oxygen atoms in total. The van der Waals surface area contributed by atoms with E-state index in [0.29, 0.717) is 18.0 Å². The third-order valence-electron chi connectivity index (χ3n) is 4.59. The van der Waals surface area contributed by atoms with E-state index in [4.69, 9.17) is 9.05 Å². The summed E-state index contributed by atoms with van der Waals surface area (Å²) in [6.45, 7) is 6.21. The Labute approximate surface area is 152 Å². The summed E-state index contributed by atoms with van der Waals surface area (Å²) in [5.41, 5.74) is 3.85. The third kappa shape index (κ3) is 3.85. The van der Waals surface area contributed by atoms with Gasteiger partial charge >= 0.3 is 0 Å². The Bertz CT molecular complexity index is 851. The smallest absolute Gasteiger partial charge is 0.292 e. The summed E-state index contributed by atoms with van der Waals surface area (Å²) in [7, 11) is 1.70. The van der Waals surface area contributed by atoms with Crippen LogP contribution >= 0.6 is 0 Å². The molecule has 26 heavy (non-hydrogen) atoms. The molecule has 0 saturated heterocycles. The van der Waals surface area contributed by atoms with Gasteiger partial charge in [0.05, 0.1) is 11.7 Å². The first-order valence-corrected chi connectivity index (χ1v) is 8.67. The maximum absolute atomic E-state index is 12.6. The number of carbonyl (C=O) groups excluding carboxylic acids is 1. The molecule has 2 heterocycles. The number of benzene rings is 1. The van der Waals surface area contributed by atoms with Crippen LogP contribution in [0.15, 0.2) is 51.7 Å². The van der Waals surface area contributed by atoms with E-state index in [1.807, 2.05) is 6.92 Å². The quantitative estimate of drug-likeness (QED) is 0.664. The number of hydrogen-bond donors (Lipinski definition) is 0. The van der Waals surface area contributed by atoms with E-state index >= 15 is 0 Å². The number of carbonyl (C=O) groups is 1. The van der Waals surface area contributed by atoms with Gasteiger partial charge in [0.15, 0.2) is 0 Å². The van der Waals surface area contributed by atoms with Crippen molar-refractivity contribution in [1.82, 2.24) is 15.2 Å². The summed E-state index contributed by atoms with van der Waals surface area (Å²) in [6, 6.07) is 11.6. The van der Waals surface area contributed by atoms with Crippen molar-refractivity contribution in [2.24, 2.45) is 0 Å². The van der Waals surface area contributed by atoms with Crippen LogP contribution in [0.25, 0.3) is 0 Å². The lowest BCUT2D eigenvalue weighted by atomic mass is 10.0. The van der Waals surface area contributed by atoms with Gasteiger partial charge in [-0.25, -0.2) is 0 Å². The van der Waals surface area contributed by atoms with E-state index < -0.39 is 0 Å². The minimum absolute atomic E-state index is 0.219. The zero-order valence-electron chi connectivity index (χ0n) is 15.5. The molecule has 136 valence electrons. The van der Waals surface area contributed by atoms with Crippen molar-refractivity contribution < 1.29 is 13.8 Å². The molecule has 2 aromatic heterocycles. The number of aromatic nitrogens is 2. The van der Waals surface area contributed by atoms with E-state index in [-0.39, 0.29) is 17.7 Å². The Morgan fingerprint density at radius 2 is 1.85 bits per heavy atom. The van der Waals surface area contributed by atoms with Crippen LogP contribution in [0.2, 0.25) is 0 Å². The van der Waals surface area contributed by atoms with Crippen molar-refractivity contribution in [2.75, 3.05) is 7.05 Å². The highest BCUT2D eigenvalue weighted by Gasteiger charge is 2.24. The molecule has 0 N–H and O–H groups in total. The van der Waals surface area contributed by atoms with Crippen LogP contribution in [0, 0.1) is 0 Å². The molecule has 0 aliphatic heterocycles. The van der Waals surface area contributed by atoms with Gasteiger partial charge in [-0.2, -0.15) is 0 Å². The normalized spacial score (nSPS) is 12.3. The standard InChI is InChI=1S/C20H23N3O3/c1-13(2)16-7-5-15(6-8-16)11-17-12-19(26-21-17)20(24)23(4)14(3)18-9-10-25-22-18/h5-10,12-14H,11H2,1-4H3. The Balaban J connectivity index is 1.68. The summed E-state index contributed by atoms with van der Waals surface area (Å²) in [5.74, 6) is 0.480. The lowest BCUT2D eigenvalue weighted by Crippen LogP contribution is -2.29. The highest BCUT2D eigenvalue weighted by Crippen LogP contribution is 2.21. The number of amides is 1. The van der Waals surface area contributed by atoms with Crippen molar-refractivity contribution in [2.45, 2.75) is 39.2 Å². The summed E-state index contributed by atoms with van der Waals surface area (Å²) >= 11 is 0. The summed E-state index contributed by atoms with van der Waals surface area (Å²) in [4.78, 5) is 14.2. The Morgan fingerprint density at radius 1 is 1.12 bits per heavy atom. The molecule has 0 bridgehead atoms. The molecule has 3 rings (SSSR count). The number of hydrogen-bond acceptors (Lipinski definition) is 5. The second kappa shape index (κ2) is 7.56. The molecule has 0 saturated carbocycles. The van der Waals surface area contributed by atoms with Gasteiger partial charge < -0.3 is 13.9 Å². The first-order chi connectivity index (χ1) is 12.5. The first kappa shape index (κ1) is 17.9. The van der Waals surface area contributed by atoms with E-state index in [1.165, 1.54) is 11.8 Å². The molecule has 1 amide bonds. The summed E-state index contributed by atoms with van der Waals surface area (Å²) < 4.78 is 10.1. The molecular formula is C20H23N3O3. The molecule has 1 aromatic carbocycles. The molecule has 0 aliphatic rings. The fourth-order valence-electron chi connectivity index (χ4n) is 2.71. The number of nitrogens with zero attached hydrogens (tertiary/aromatic N) is 3. The Kier molecular flexibility index (Phi) is 5.21. The van der Waals surface area contributed by atoms with Crippen LogP contribution in [-0.2, 0) is 6.42 Å². The lowest BCUT2D eigenvalue weighted by Gasteiger charge is -2.21. The van der Waals surface area contributed by atoms with Crippen molar-refractivity contribution >= 4 is 5.91 Å². The Morgan fingerprint density at radius 3 is 2.46 bits per heavy atom. The minimum atomic E-state index is -0.241. The maximum atomic E-state index is 12.6. The van der Waals surface area contributed by atoms with E-state index in [0.717, 1.165) is 11.3 Å². The van der Waals surface area contributed by atoms with Crippen LogP contribution in [0.5, 0.6) is 0 Å². The zero-order valence-corrected chi connectivity index (χ0v) is 15.5. The van der Waals surface area contributed by atoms with Gasteiger partial charge in [-0.3, -0.25) is 4.79 Å². The third-order valence-corrected chi connectivity index (χ3v) is 4.59. The predicted octanol–water partition coefficient (Wildman–Crippen LogP) is 4.21. The van der Waals surface area contributed by atoms with Crippen LogP contribution in [-0.4, -0.2) is 28.2 Å². The largest absolute Gasteiger partial charge is 0.364 e. The molecule has 0 aliphatic carbocycles. The van der Waals surface area contributed by atoms with Crippen LogP contribution < -0.4 is 0 Å². The van der Waals surface area contributed by atoms with E-state index in [1.54, 1.807) is 24.1 Å². The van der Waals surface area contributed by atoms with Gasteiger partial charge in [0.25, 0.3) is 5.91 Å². The second-order valence-corrected chi connectivity index (χ2v) is 6.77. The lowest BCUT2D eigenvalue weighted by molar-refractivity contribution is 0.0695. The van der Waals surface area contributed by atoms with Gasteiger partial charge in [0.2, 0.25) is 5.76 Å². The SMILES string of the molecule is CC(C)c1ccc(Cc2cc(C(=O)N(C)C(C)c3ccon3)on2)cc1. The average molecular weight is 353 g/mol. The topological polar surface area (TPSA) is 72.4 Å². The van der Waals surface area contributed by atoms with Crippen LogP contribution in [0.3, 0.4) is 0 Å². The van der Waals surface area contributed by atoms with Gasteiger partial charge in [-0.15, -0.1) is 0 Å². The van der Waals surface area contributed by atoms with Gasteiger partial charge in [-0.05, 0) is 24.0 Å². The van der Waals surface area contributed by atoms with Crippen LogP contribution in [0.4, 0.5) is 0 Å². The van der Waals surface area contributed by atoms with Crippen molar-refractivity contribution in [3.05, 3.63) is 70.9 Å². The molecule has 1 atom stereocenters. The van der Waals surface area contributed by atoms with Crippen LogP contribution in [0.1, 0.15) is 65.8 Å². The summed E-state index contributed by atoms with van der Waals surface area (Å²) in [5, 5.41) is 7.92. The number of rotatable bonds is 6. The predicted molar refractivity (Wildman–Crippen MR) is 96.9 cm³/mol. The van der Waals surface area contributed by atoms with Gasteiger partial charge in [-0.1, -0.05) is 48.4 Å². The average Bonchev–Trinajstić information content (AvgIpc) is 3.32. The molecular weight excluding hydrogens is 330 g/mol. The molecule has 3 aromatic rings. The molecule has 6 heteroatoms. The first-order valence-electron chi connectivity index (χ1n) is 8.67. The second-order valence-electron chi connectivity index (χ2n) is 6.77. The maximum Gasteiger partial charge on any atom is 0.292 e. The zero-order chi connectivity index (χ0) is 18.7. The fraction of sp³-hybridized carbons (Fsp3) is 0.350. The van der Waals surface area contributed by atoms with Crippen molar-refractivity contribution in [3.63, 3.8) is 0 Å². The fourth-order valence-corrected chi connectivity index (χ4v) is 2.71. The van der Waals surface area contributed by atoms with Gasteiger partial charge in [0, 0.05) is 25.6 Å². The monoisotopic (exact) mass is 353 g/mol. The van der Waals surface area contributed by atoms with Crippen molar-refractivity contribution in [1.29, 1.82) is 0 Å². The highest BCUT2D eigenvalue weighted by atomic mass is 16.5. The van der Waals surface area contributed by atoms with Crippen molar-refractivity contribution in [3.8, 4) is 0 Å². The Hall–Kier alpha value is -2.89.